The van der Waals surface area contributed by atoms with Crippen molar-refractivity contribution in [2.45, 2.75) is 0 Å². The van der Waals surface area contributed by atoms with Crippen LogP contribution in [0.3, 0.4) is 0 Å². The number of amides is 1. The largest absolute Gasteiger partial charge is 0.477 e. The molecule has 0 radical (unpaired) electrons. The fourth-order valence-electron chi connectivity index (χ4n) is 2.36. The van der Waals surface area contributed by atoms with Gasteiger partial charge in [0.2, 0.25) is 0 Å². The molecule has 3 aromatic rings. The van der Waals surface area contributed by atoms with Gasteiger partial charge < -0.3 is 15.2 Å². The summed E-state index contributed by atoms with van der Waals surface area (Å²) in [7, 11) is 0. The van der Waals surface area contributed by atoms with Crippen molar-refractivity contribution in [3.63, 3.8) is 0 Å². The third-order valence-electron chi connectivity index (χ3n) is 3.68. The second-order valence-electron chi connectivity index (χ2n) is 5.67. The van der Waals surface area contributed by atoms with E-state index in [1.54, 1.807) is 54.6 Å². The monoisotopic (exact) mass is 359 g/mol. The molecule has 0 aromatic heterocycles. The Labute approximate surface area is 156 Å². The normalized spacial score (nSPS) is 10.9. The zero-order valence-electron chi connectivity index (χ0n) is 14.3. The Bertz CT molecular complexity index is 949. The molecule has 0 aliphatic rings. The summed E-state index contributed by atoms with van der Waals surface area (Å²) in [5.74, 6) is -0.358. The van der Waals surface area contributed by atoms with Gasteiger partial charge in [0.1, 0.15) is 17.2 Å². The lowest BCUT2D eigenvalue weighted by Crippen LogP contribution is -2.27. The molecule has 27 heavy (non-hydrogen) atoms. The minimum Gasteiger partial charge on any atom is -0.477 e. The molecule has 0 aliphatic heterocycles. The average molecular weight is 359 g/mol. The molecule has 134 valence electrons. The number of benzene rings is 3. The van der Waals surface area contributed by atoms with Crippen molar-refractivity contribution in [3.05, 3.63) is 102 Å². The number of carboxylic acids is 1. The molecule has 5 heteroatoms. The molecular formula is C22H17NO4. The minimum atomic E-state index is -1.22. The van der Waals surface area contributed by atoms with Crippen molar-refractivity contribution < 1.29 is 19.4 Å². The van der Waals surface area contributed by atoms with E-state index in [-0.39, 0.29) is 5.70 Å². The fraction of sp³-hybridized carbons (Fsp3) is 0. The first-order valence-corrected chi connectivity index (χ1v) is 8.26. The standard InChI is InChI=1S/C22H17NO4/c24-21(17-7-3-1-4-8-17)23-20(22(25)26)15-16-11-13-19(14-12-16)27-18-9-5-2-6-10-18/h1-15H,(H,23,24)(H,25,26)/b20-15-. The molecule has 2 N–H and O–H groups in total. The molecule has 0 spiro atoms. The third-order valence-corrected chi connectivity index (χ3v) is 3.68. The summed E-state index contributed by atoms with van der Waals surface area (Å²) in [6, 6.07) is 24.7. The van der Waals surface area contributed by atoms with Crippen molar-refractivity contribution in [2.75, 3.05) is 0 Å². The topological polar surface area (TPSA) is 75.6 Å². The van der Waals surface area contributed by atoms with Gasteiger partial charge in [-0.2, -0.15) is 0 Å². The summed E-state index contributed by atoms with van der Waals surface area (Å²) in [5.41, 5.74) is 0.804. The van der Waals surface area contributed by atoms with Gasteiger partial charge >= 0.3 is 5.97 Å². The molecule has 0 aliphatic carbocycles. The Morgan fingerprint density at radius 3 is 1.93 bits per heavy atom. The lowest BCUT2D eigenvalue weighted by molar-refractivity contribution is -0.132. The number of aliphatic carboxylic acids is 1. The van der Waals surface area contributed by atoms with Crippen LogP contribution in [0.2, 0.25) is 0 Å². The van der Waals surface area contributed by atoms with Gasteiger partial charge in [0.15, 0.2) is 0 Å². The molecule has 0 unspecified atom stereocenters. The second-order valence-corrected chi connectivity index (χ2v) is 5.67. The van der Waals surface area contributed by atoms with Gasteiger partial charge in [-0.1, -0.05) is 48.5 Å². The minimum absolute atomic E-state index is 0.208. The van der Waals surface area contributed by atoms with Gasteiger partial charge in [0, 0.05) is 5.56 Å². The third kappa shape index (κ3) is 5.06. The van der Waals surface area contributed by atoms with Gasteiger partial charge in [-0.25, -0.2) is 4.79 Å². The van der Waals surface area contributed by atoms with Crippen molar-refractivity contribution in [2.24, 2.45) is 0 Å². The summed E-state index contributed by atoms with van der Waals surface area (Å²) in [5, 5.41) is 11.8. The maximum absolute atomic E-state index is 12.2. The highest BCUT2D eigenvalue weighted by atomic mass is 16.5. The molecule has 0 atom stereocenters. The van der Waals surface area contributed by atoms with Crippen molar-refractivity contribution >= 4 is 18.0 Å². The first-order valence-electron chi connectivity index (χ1n) is 8.26. The fourth-order valence-corrected chi connectivity index (χ4v) is 2.36. The molecule has 0 saturated heterocycles. The Hall–Kier alpha value is -3.86. The number of carboxylic acid groups (broad SMARTS) is 1. The van der Waals surface area contributed by atoms with E-state index in [1.165, 1.54) is 6.08 Å². The number of ether oxygens (including phenoxy) is 1. The molecule has 0 bridgehead atoms. The van der Waals surface area contributed by atoms with E-state index < -0.39 is 11.9 Å². The van der Waals surface area contributed by atoms with Crippen LogP contribution in [0.15, 0.2) is 90.6 Å². The Kier molecular flexibility index (Phi) is 5.64. The summed E-state index contributed by atoms with van der Waals surface area (Å²) >= 11 is 0. The number of carbonyl (C=O) groups excluding carboxylic acids is 1. The van der Waals surface area contributed by atoms with Gasteiger partial charge in [0.05, 0.1) is 0 Å². The highest BCUT2D eigenvalue weighted by Crippen LogP contribution is 2.21. The summed E-state index contributed by atoms with van der Waals surface area (Å²) in [6.45, 7) is 0. The second kappa shape index (κ2) is 8.49. The first kappa shape index (κ1) is 17.9. The number of carbonyl (C=O) groups is 2. The van der Waals surface area contributed by atoms with Crippen molar-refractivity contribution in [3.8, 4) is 11.5 Å². The predicted molar refractivity (Wildman–Crippen MR) is 102 cm³/mol. The number of hydrogen-bond acceptors (Lipinski definition) is 3. The lowest BCUT2D eigenvalue weighted by Gasteiger charge is -2.07. The van der Waals surface area contributed by atoms with Crippen LogP contribution in [0.25, 0.3) is 6.08 Å². The van der Waals surface area contributed by atoms with E-state index in [4.69, 9.17) is 4.74 Å². The Balaban J connectivity index is 1.74. The average Bonchev–Trinajstić information content (AvgIpc) is 2.70. The van der Waals surface area contributed by atoms with Crippen LogP contribution in [0, 0.1) is 0 Å². The van der Waals surface area contributed by atoms with Crippen LogP contribution in [0.5, 0.6) is 11.5 Å². The van der Waals surface area contributed by atoms with E-state index in [2.05, 4.69) is 5.32 Å². The number of nitrogens with one attached hydrogen (secondary N) is 1. The molecule has 0 fully saturated rings. The van der Waals surface area contributed by atoms with E-state index in [0.717, 1.165) is 0 Å². The zero-order valence-corrected chi connectivity index (χ0v) is 14.3. The number of hydrogen-bond donors (Lipinski definition) is 2. The van der Waals surface area contributed by atoms with E-state index >= 15 is 0 Å². The number of para-hydroxylation sites is 1. The van der Waals surface area contributed by atoms with Gasteiger partial charge in [-0.15, -0.1) is 0 Å². The predicted octanol–water partition coefficient (Wildman–Crippen LogP) is 4.33. The summed E-state index contributed by atoms with van der Waals surface area (Å²) < 4.78 is 5.70. The van der Waals surface area contributed by atoms with Crippen LogP contribution in [-0.4, -0.2) is 17.0 Å². The van der Waals surface area contributed by atoms with Crippen LogP contribution in [0.4, 0.5) is 0 Å². The lowest BCUT2D eigenvalue weighted by atomic mass is 10.1. The molecule has 0 heterocycles. The molecule has 5 nitrogen and oxygen atoms in total. The smallest absolute Gasteiger partial charge is 0.352 e. The maximum Gasteiger partial charge on any atom is 0.352 e. The van der Waals surface area contributed by atoms with Gasteiger partial charge in [-0.3, -0.25) is 4.79 Å². The SMILES string of the molecule is O=C(O)/C(=C/c1ccc(Oc2ccccc2)cc1)NC(=O)c1ccccc1. The van der Waals surface area contributed by atoms with Crippen LogP contribution in [0.1, 0.15) is 15.9 Å². The van der Waals surface area contributed by atoms with Crippen LogP contribution < -0.4 is 10.1 Å². The molecule has 3 aromatic carbocycles. The first-order chi connectivity index (χ1) is 13.1. The van der Waals surface area contributed by atoms with Gasteiger partial charge in [0.25, 0.3) is 5.91 Å². The van der Waals surface area contributed by atoms with Gasteiger partial charge in [-0.05, 0) is 48.0 Å². The van der Waals surface area contributed by atoms with Crippen molar-refractivity contribution in [1.82, 2.24) is 5.32 Å². The van der Waals surface area contributed by atoms with E-state index in [0.29, 0.717) is 22.6 Å². The maximum atomic E-state index is 12.2. The molecule has 0 saturated carbocycles. The van der Waals surface area contributed by atoms with Crippen LogP contribution in [-0.2, 0) is 4.79 Å². The number of rotatable bonds is 6. The van der Waals surface area contributed by atoms with Crippen LogP contribution >= 0.6 is 0 Å². The highest BCUT2D eigenvalue weighted by Gasteiger charge is 2.13. The molecule has 1 amide bonds. The summed E-state index contributed by atoms with van der Waals surface area (Å²) in [4.78, 5) is 23.6. The molecule has 3 rings (SSSR count). The highest BCUT2D eigenvalue weighted by molar-refractivity contribution is 6.02. The van der Waals surface area contributed by atoms with E-state index in [9.17, 15) is 14.7 Å². The summed E-state index contributed by atoms with van der Waals surface area (Å²) in [6.07, 6.45) is 1.40. The Morgan fingerprint density at radius 2 is 1.33 bits per heavy atom. The van der Waals surface area contributed by atoms with Crippen molar-refractivity contribution in [1.29, 1.82) is 0 Å². The quantitative estimate of drug-likeness (QED) is 0.642. The molecular weight excluding hydrogens is 342 g/mol. The van der Waals surface area contributed by atoms with E-state index in [1.807, 2.05) is 30.3 Å². The Morgan fingerprint density at radius 1 is 0.778 bits per heavy atom. The zero-order chi connectivity index (χ0) is 19.1.